The summed E-state index contributed by atoms with van der Waals surface area (Å²) in [5.41, 5.74) is 3.72. The van der Waals surface area contributed by atoms with Crippen LogP contribution in [0.15, 0.2) is 82.3 Å². The first-order valence-electron chi connectivity index (χ1n) is 8.69. The molecule has 0 atom stereocenters. The van der Waals surface area contributed by atoms with E-state index in [1.807, 2.05) is 0 Å². The van der Waals surface area contributed by atoms with Crippen LogP contribution < -0.4 is 10.8 Å². The van der Waals surface area contributed by atoms with Crippen LogP contribution in [0.25, 0.3) is 22.3 Å². The minimum absolute atomic E-state index is 0.102. The third-order valence-electron chi connectivity index (χ3n) is 4.28. The quantitative estimate of drug-likeness (QED) is 0.401. The summed E-state index contributed by atoms with van der Waals surface area (Å²) >= 11 is 0. The SMILES string of the molecule is O=C(N/N=c1/cc(-c2ccc(O)cc2)oc2cc(O)cc(O)c12)c1ccccc1. The fourth-order valence-corrected chi connectivity index (χ4v) is 2.89. The summed E-state index contributed by atoms with van der Waals surface area (Å²) in [7, 11) is 0. The summed E-state index contributed by atoms with van der Waals surface area (Å²) in [6, 6.07) is 18.9. The van der Waals surface area contributed by atoms with Gasteiger partial charge < -0.3 is 19.7 Å². The van der Waals surface area contributed by atoms with E-state index in [1.54, 1.807) is 48.5 Å². The van der Waals surface area contributed by atoms with Gasteiger partial charge in [0.05, 0.1) is 5.39 Å². The Balaban J connectivity index is 1.86. The fraction of sp³-hybridized carbons (Fsp3) is 0. The van der Waals surface area contributed by atoms with Crippen LogP contribution in [0, 0.1) is 0 Å². The topological polar surface area (TPSA) is 115 Å². The number of amides is 1. The number of nitrogens with zero attached hydrogens (tertiary/aromatic N) is 1. The molecule has 4 aromatic rings. The average molecular weight is 388 g/mol. The standard InChI is InChI=1S/C22H16N2O5/c25-15-8-6-13(7-9-15)19-12-17(21-18(27)10-16(26)11-20(21)29-19)23-24-22(28)14-4-2-1-3-5-14/h1-12,25-27H,(H,24,28)/b23-17-. The van der Waals surface area contributed by atoms with Gasteiger partial charge in [-0.1, -0.05) is 18.2 Å². The Kier molecular flexibility index (Phi) is 4.62. The van der Waals surface area contributed by atoms with Gasteiger partial charge in [-0.15, -0.1) is 0 Å². The summed E-state index contributed by atoms with van der Waals surface area (Å²) in [5.74, 6) is -0.362. The lowest BCUT2D eigenvalue weighted by atomic mass is 10.1. The summed E-state index contributed by atoms with van der Waals surface area (Å²) in [6.45, 7) is 0. The zero-order valence-electron chi connectivity index (χ0n) is 15.0. The highest BCUT2D eigenvalue weighted by atomic mass is 16.3. The molecule has 0 aliphatic rings. The Hall–Kier alpha value is -4.26. The zero-order chi connectivity index (χ0) is 20.4. The number of aromatic hydroxyl groups is 3. The number of rotatable bonds is 3. The minimum Gasteiger partial charge on any atom is -0.508 e. The van der Waals surface area contributed by atoms with Crippen LogP contribution >= 0.6 is 0 Å². The van der Waals surface area contributed by atoms with E-state index >= 15 is 0 Å². The Bertz CT molecular complexity index is 1260. The molecule has 29 heavy (non-hydrogen) atoms. The van der Waals surface area contributed by atoms with Gasteiger partial charge in [0.1, 0.15) is 33.9 Å². The van der Waals surface area contributed by atoms with Crippen molar-refractivity contribution in [1.29, 1.82) is 0 Å². The highest BCUT2D eigenvalue weighted by Crippen LogP contribution is 2.30. The molecule has 0 unspecified atom stereocenters. The van der Waals surface area contributed by atoms with Crippen molar-refractivity contribution in [2.45, 2.75) is 0 Å². The molecule has 7 heteroatoms. The van der Waals surface area contributed by atoms with Crippen LogP contribution in [0.1, 0.15) is 10.4 Å². The van der Waals surface area contributed by atoms with Crippen LogP contribution in [0.3, 0.4) is 0 Å². The molecular formula is C22H16N2O5. The second kappa shape index (κ2) is 7.40. The van der Waals surface area contributed by atoms with Crippen LogP contribution in [0.5, 0.6) is 17.2 Å². The number of hydrogen-bond acceptors (Lipinski definition) is 6. The van der Waals surface area contributed by atoms with Crippen LogP contribution in [0.2, 0.25) is 0 Å². The van der Waals surface area contributed by atoms with Crippen molar-refractivity contribution < 1.29 is 24.5 Å². The van der Waals surface area contributed by atoms with Crippen LogP contribution in [-0.2, 0) is 0 Å². The summed E-state index contributed by atoms with van der Waals surface area (Å²) in [5, 5.41) is 34.2. The number of carbonyl (C=O) groups is 1. The van der Waals surface area contributed by atoms with Crippen LogP contribution in [0.4, 0.5) is 0 Å². The predicted octanol–water partition coefficient (Wildman–Crippen LogP) is 3.46. The van der Waals surface area contributed by atoms with Crippen molar-refractivity contribution in [2.75, 3.05) is 0 Å². The molecule has 0 spiro atoms. The van der Waals surface area contributed by atoms with Gasteiger partial charge in [0.15, 0.2) is 0 Å². The monoisotopic (exact) mass is 388 g/mol. The van der Waals surface area contributed by atoms with E-state index in [0.717, 1.165) is 6.07 Å². The number of phenols is 3. The maximum absolute atomic E-state index is 12.3. The molecule has 1 aromatic heterocycles. The highest BCUT2D eigenvalue weighted by molar-refractivity contribution is 5.94. The highest BCUT2D eigenvalue weighted by Gasteiger charge is 2.12. The Morgan fingerprint density at radius 3 is 2.31 bits per heavy atom. The van der Waals surface area contributed by atoms with Gasteiger partial charge in [-0.05, 0) is 36.4 Å². The number of carbonyl (C=O) groups excluding carboxylic acids is 1. The summed E-state index contributed by atoms with van der Waals surface area (Å²) in [6.07, 6.45) is 0. The maximum Gasteiger partial charge on any atom is 0.271 e. The number of benzene rings is 3. The second-order valence-electron chi connectivity index (χ2n) is 6.30. The molecule has 144 valence electrons. The van der Waals surface area contributed by atoms with Gasteiger partial charge in [-0.25, -0.2) is 5.43 Å². The minimum atomic E-state index is -0.413. The molecule has 0 fully saturated rings. The Labute approximate surface area is 164 Å². The molecule has 4 rings (SSSR count). The molecule has 1 heterocycles. The molecule has 0 saturated heterocycles. The van der Waals surface area contributed by atoms with E-state index in [-0.39, 0.29) is 33.6 Å². The molecule has 4 N–H and O–H groups in total. The van der Waals surface area contributed by atoms with Crippen molar-refractivity contribution in [1.82, 2.24) is 5.43 Å². The van der Waals surface area contributed by atoms with Gasteiger partial charge in [0.25, 0.3) is 5.91 Å². The van der Waals surface area contributed by atoms with Gasteiger partial charge in [0.2, 0.25) is 0 Å². The lowest BCUT2D eigenvalue weighted by molar-refractivity contribution is 0.0953. The van der Waals surface area contributed by atoms with E-state index in [2.05, 4.69) is 10.5 Å². The normalized spacial score (nSPS) is 11.5. The van der Waals surface area contributed by atoms with Crippen molar-refractivity contribution in [3.63, 3.8) is 0 Å². The van der Waals surface area contributed by atoms with Gasteiger partial charge >= 0.3 is 0 Å². The van der Waals surface area contributed by atoms with Gasteiger partial charge in [-0.2, -0.15) is 5.10 Å². The Morgan fingerprint density at radius 1 is 0.862 bits per heavy atom. The summed E-state index contributed by atoms with van der Waals surface area (Å²) < 4.78 is 5.81. The van der Waals surface area contributed by atoms with E-state index in [1.165, 1.54) is 18.2 Å². The number of fused-ring (bicyclic) bond motifs is 1. The maximum atomic E-state index is 12.3. The largest absolute Gasteiger partial charge is 0.508 e. The first-order valence-corrected chi connectivity index (χ1v) is 8.69. The van der Waals surface area contributed by atoms with E-state index < -0.39 is 5.91 Å². The van der Waals surface area contributed by atoms with E-state index in [4.69, 9.17) is 4.42 Å². The summed E-state index contributed by atoms with van der Waals surface area (Å²) in [4.78, 5) is 12.3. The van der Waals surface area contributed by atoms with Crippen LogP contribution in [-0.4, -0.2) is 21.2 Å². The first-order chi connectivity index (χ1) is 14.0. The van der Waals surface area contributed by atoms with Gasteiger partial charge in [-0.3, -0.25) is 4.79 Å². The smallest absolute Gasteiger partial charge is 0.271 e. The van der Waals surface area contributed by atoms with Crippen molar-refractivity contribution in [3.05, 3.63) is 83.7 Å². The van der Waals surface area contributed by atoms with Gasteiger partial charge in [0, 0.05) is 29.3 Å². The fourth-order valence-electron chi connectivity index (χ4n) is 2.89. The van der Waals surface area contributed by atoms with E-state index in [9.17, 15) is 20.1 Å². The molecule has 0 radical (unpaired) electrons. The third-order valence-corrected chi connectivity index (χ3v) is 4.28. The lowest BCUT2D eigenvalue weighted by Crippen LogP contribution is -2.21. The molecule has 3 aromatic carbocycles. The number of hydrogen-bond donors (Lipinski definition) is 4. The molecular weight excluding hydrogens is 372 g/mol. The Morgan fingerprint density at radius 2 is 1.59 bits per heavy atom. The zero-order valence-corrected chi connectivity index (χ0v) is 15.0. The third kappa shape index (κ3) is 3.74. The average Bonchev–Trinajstić information content (AvgIpc) is 2.72. The molecule has 1 amide bonds. The number of phenolic OH excluding ortho intramolecular Hbond substituents is 3. The predicted molar refractivity (Wildman–Crippen MR) is 106 cm³/mol. The number of nitrogens with one attached hydrogen (secondary N) is 1. The molecule has 0 saturated carbocycles. The molecule has 0 bridgehead atoms. The van der Waals surface area contributed by atoms with Crippen molar-refractivity contribution in [2.24, 2.45) is 5.10 Å². The first kappa shape index (κ1) is 18.1. The molecule has 7 nitrogen and oxygen atoms in total. The molecule has 0 aliphatic heterocycles. The van der Waals surface area contributed by atoms with Crippen molar-refractivity contribution in [3.8, 4) is 28.6 Å². The second-order valence-corrected chi connectivity index (χ2v) is 6.30. The molecule has 0 aliphatic carbocycles. The lowest BCUT2D eigenvalue weighted by Gasteiger charge is -2.07. The van der Waals surface area contributed by atoms with Crippen molar-refractivity contribution >= 4 is 16.9 Å². The van der Waals surface area contributed by atoms with E-state index in [0.29, 0.717) is 16.9 Å².